The number of fused-ring (bicyclic) bond motifs is 2. The highest BCUT2D eigenvalue weighted by Gasteiger charge is 2.42. The molecule has 198 valence electrons. The standard InChI is InChI=1S/C29H30ClFN4O3/c1-17-22(5-3-8-26(17)38-2)29(37)34-19-13-20-10-11-21(14-19)35(20)27-12-9-18(15-32-27)28(36)33-16-23-24(30)6-4-7-25(23)31/h3-9,12,15,19-21H,10-11,13-14,16H2,1-2H3,(H,33,36)(H,34,37)/t19-,20+,21-. The van der Waals surface area contributed by atoms with Gasteiger partial charge in [0.2, 0.25) is 0 Å². The molecular weight excluding hydrogens is 507 g/mol. The molecule has 0 aliphatic carbocycles. The minimum absolute atomic E-state index is 0.00917. The van der Waals surface area contributed by atoms with Crippen LogP contribution in [0.25, 0.3) is 0 Å². The number of amides is 2. The van der Waals surface area contributed by atoms with E-state index in [4.69, 9.17) is 16.3 Å². The van der Waals surface area contributed by atoms with E-state index in [1.165, 1.54) is 12.1 Å². The fraction of sp³-hybridized carbons (Fsp3) is 0.345. The van der Waals surface area contributed by atoms with Crippen LogP contribution in [0, 0.1) is 12.7 Å². The molecule has 1 aromatic heterocycles. The number of nitrogens with zero attached hydrogens (tertiary/aromatic N) is 2. The molecule has 2 amide bonds. The number of methoxy groups -OCH3 is 1. The number of rotatable bonds is 7. The van der Waals surface area contributed by atoms with Crippen LogP contribution < -0.4 is 20.3 Å². The molecule has 0 saturated carbocycles. The van der Waals surface area contributed by atoms with E-state index in [1.807, 2.05) is 31.2 Å². The molecule has 2 aliphatic rings. The van der Waals surface area contributed by atoms with Crippen LogP contribution in [0.1, 0.15) is 57.5 Å². The number of carbonyl (C=O) groups excluding carboxylic acids is 2. The number of pyridine rings is 1. The maximum absolute atomic E-state index is 14.0. The number of aromatic nitrogens is 1. The van der Waals surface area contributed by atoms with Crippen molar-refractivity contribution in [2.45, 2.75) is 57.3 Å². The van der Waals surface area contributed by atoms with Crippen molar-refractivity contribution in [1.82, 2.24) is 15.6 Å². The van der Waals surface area contributed by atoms with Crippen molar-refractivity contribution < 1.29 is 18.7 Å². The molecule has 2 saturated heterocycles. The third-order valence-electron chi connectivity index (χ3n) is 7.58. The summed E-state index contributed by atoms with van der Waals surface area (Å²) < 4.78 is 19.4. The van der Waals surface area contributed by atoms with E-state index in [-0.39, 0.29) is 47.1 Å². The Bertz CT molecular complexity index is 1320. The number of halogens is 2. The first-order valence-corrected chi connectivity index (χ1v) is 13.1. The maximum atomic E-state index is 14.0. The van der Waals surface area contributed by atoms with Crippen LogP contribution in [-0.2, 0) is 6.54 Å². The van der Waals surface area contributed by atoms with Crippen molar-refractivity contribution in [1.29, 1.82) is 0 Å². The lowest BCUT2D eigenvalue weighted by Crippen LogP contribution is -2.50. The molecule has 2 aromatic carbocycles. The van der Waals surface area contributed by atoms with Crippen molar-refractivity contribution in [2.75, 3.05) is 12.0 Å². The second-order valence-corrected chi connectivity index (χ2v) is 10.3. The van der Waals surface area contributed by atoms with Gasteiger partial charge in [-0.15, -0.1) is 0 Å². The zero-order valence-electron chi connectivity index (χ0n) is 21.3. The van der Waals surface area contributed by atoms with E-state index in [2.05, 4.69) is 20.5 Å². The molecular formula is C29H30ClFN4O3. The fourth-order valence-electron chi connectivity index (χ4n) is 5.66. The topological polar surface area (TPSA) is 83.6 Å². The van der Waals surface area contributed by atoms with E-state index in [0.717, 1.165) is 37.1 Å². The van der Waals surface area contributed by atoms with Gasteiger partial charge in [0.1, 0.15) is 17.4 Å². The molecule has 3 aromatic rings. The van der Waals surface area contributed by atoms with Gasteiger partial charge in [0.25, 0.3) is 11.8 Å². The molecule has 7 nitrogen and oxygen atoms in total. The normalized spacial score (nSPS) is 20.2. The van der Waals surface area contributed by atoms with Gasteiger partial charge in [-0.25, -0.2) is 9.37 Å². The Hall–Kier alpha value is -3.65. The summed E-state index contributed by atoms with van der Waals surface area (Å²) in [5.74, 6) is 0.636. The van der Waals surface area contributed by atoms with Crippen molar-refractivity contribution >= 4 is 29.2 Å². The van der Waals surface area contributed by atoms with Gasteiger partial charge in [0.05, 0.1) is 12.7 Å². The average molecular weight is 537 g/mol. The summed E-state index contributed by atoms with van der Waals surface area (Å²) in [7, 11) is 1.60. The minimum atomic E-state index is -0.458. The minimum Gasteiger partial charge on any atom is -0.496 e. The SMILES string of the molecule is COc1cccc(C(=O)N[C@H]2C[C@H]3CC[C@@H](C2)N3c2ccc(C(=O)NCc3c(F)cccc3Cl)cn2)c1C. The Morgan fingerprint density at radius 1 is 1.08 bits per heavy atom. The fourth-order valence-corrected chi connectivity index (χ4v) is 5.89. The first kappa shape index (κ1) is 26.0. The van der Waals surface area contributed by atoms with Crippen LogP contribution in [0.5, 0.6) is 5.75 Å². The van der Waals surface area contributed by atoms with Crippen molar-refractivity contribution in [3.8, 4) is 5.75 Å². The van der Waals surface area contributed by atoms with Gasteiger partial charge < -0.3 is 20.3 Å². The lowest BCUT2D eigenvalue weighted by molar-refractivity contribution is 0.0923. The highest BCUT2D eigenvalue weighted by molar-refractivity contribution is 6.31. The largest absolute Gasteiger partial charge is 0.496 e. The maximum Gasteiger partial charge on any atom is 0.253 e. The third kappa shape index (κ3) is 5.18. The van der Waals surface area contributed by atoms with Gasteiger partial charge in [-0.2, -0.15) is 0 Å². The quantitative estimate of drug-likeness (QED) is 0.441. The summed E-state index contributed by atoms with van der Waals surface area (Å²) in [6, 6.07) is 14.1. The van der Waals surface area contributed by atoms with E-state index in [9.17, 15) is 14.0 Å². The van der Waals surface area contributed by atoms with Crippen LogP contribution >= 0.6 is 11.6 Å². The van der Waals surface area contributed by atoms with Gasteiger partial charge in [0.15, 0.2) is 0 Å². The number of carbonyl (C=O) groups is 2. The smallest absolute Gasteiger partial charge is 0.253 e. The number of hydrogen-bond donors (Lipinski definition) is 2. The Balaban J connectivity index is 1.20. The first-order valence-electron chi connectivity index (χ1n) is 12.8. The highest BCUT2D eigenvalue weighted by atomic mass is 35.5. The zero-order valence-corrected chi connectivity index (χ0v) is 22.1. The van der Waals surface area contributed by atoms with E-state index >= 15 is 0 Å². The average Bonchev–Trinajstić information content (AvgIpc) is 3.18. The molecule has 0 radical (unpaired) electrons. The van der Waals surface area contributed by atoms with Crippen LogP contribution in [-0.4, -0.2) is 42.0 Å². The van der Waals surface area contributed by atoms with Crippen LogP contribution in [0.2, 0.25) is 5.02 Å². The summed E-state index contributed by atoms with van der Waals surface area (Å²) in [6.07, 6.45) is 5.27. The molecule has 38 heavy (non-hydrogen) atoms. The Kier molecular flexibility index (Phi) is 7.51. The summed E-state index contributed by atoms with van der Waals surface area (Å²) in [5, 5.41) is 6.21. The van der Waals surface area contributed by atoms with Gasteiger partial charge >= 0.3 is 0 Å². The lowest BCUT2D eigenvalue weighted by Gasteiger charge is -2.40. The number of ether oxygens (including phenoxy) is 1. The summed E-state index contributed by atoms with van der Waals surface area (Å²) in [4.78, 5) is 32.5. The van der Waals surface area contributed by atoms with Gasteiger partial charge in [0, 0.05) is 52.6 Å². The Labute approximate surface area is 226 Å². The molecule has 2 aliphatic heterocycles. The van der Waals surface area contributed by atoms with Gasteiger partial charge in [-0.3, -0.25) is 9.59 Å². The molecule has 2 N–H and O–H groups in total. The number of piperidine rings is 1. The monoisotopic (exact) mass is 536 g/mol. The van der Waals surface area contributed by atoms with Crippen LogP contribution in [0.4, 0.5) is 10.2 Å². The summed E-state index contributed by atoms with van der Waals surface area (Å²) in [5.41, 5.74) is 2.11. The van der Waals surface area contributed by atoms with E-state index < -0.39 is 5.82 Å². The van der Waals surface area contributed by atoms with E-state index in [0.29, 0.717) is 16.9 Å². The molecule has 3 heterocycles. The molecule has 0 unspecified atom stereocenters. The summed E-state index contributed by atoms with van der Waals surface area (Å²) in [6.45, 7) is 1.88. The Morgan fingerprint density at radius 3 is 2.47 bits per heavy atom. The Morgan fingerprint density at radius 2 is 1.82 bits per heavy atom. The van der Waals surface area contributed by atoms with Crippen LogP contribution in [0.15, 0.2) is 54.7 Å². The van der Waals surface area contributed by atoms with Gasteiger partial charge in [-0.05, 0) is 69.0 Å². The van der Waals surface area contributed by atoms with Gasteiger partial charge in [-0.1, -0.05) is 23.7 Å². The number of hydrogen-bond acceptors (Lipinski definition) is 5. The highest BCUT2D eigenvalue weighted by Crippen LogP contribution is 2.38. The van der Waals surface area contributed by atoms with E-state index in [1.54, 1.807) is 25.4 Å². The lowest BCUT2D eigenvalue weighted by atomic mass is 9.96. The molecule has 2 bridgehead atoms. The zero-order chi connectivity index (χ0) is 26.8. The molecule has 5 rings (SSSR count). The van der Waals surface area contributed by atoms with Crippen LogP contribution in [0.3, 0.4) is 0 Å². The van der Waals surface area contributed by atoms with Crippen molar-refractivity contribution in [3.63, 3.8) is 0 Å². The number of nitrogens with one attached hydrogen (secondary N) is 2. The second-order valence-electron chi connectivity index (χ2n) is 9.85. The van der Waals surface area contributed by atoms with Crippen molar-refractivity contribution in [2.24, 2.45) is 0 Å². The third-order valence-corrected chi connectivity index (χ3v) is 7.93. The predicted molar refractivity (Wildman–Crippen MR) is 144 cm³/mol. The molecule has 2 fully saturated rings. The molecule has 3 atom stereocenters. The van der Waals surface area contributed by atoms with Crippen molar-refractivity contribution in [3.05, 3.63) is 87.8 Å². The molecule has 0 spiro atoms. The first-order chi connectivity index (χ1) is 18.4. The number of anilines is 1. The number of benzene rings is 2. The summed E-state index contributed by atoms with van der Waals surface area (Å²) >= 11 is 6.05. The second kappa shape index (κ2) is 11.0. The predicted octanol–water partition coefficient (Wildman–Crippen LogP) is 5.05. The molecule has 9 heteroatoms.